The van der Waals surface area contributed by atoms with Crippen molar-refractivity contribution in [3.05, 3.63) is 5.01 Å². The number of rotatable bonds is 6. The second-order valence-corrected chi connectivity index (χ2v) is 5.07. The normalized spacial score (nSPS) is 15.1. The topological polar surface area (TPSA) is 80.9 Å². The summed E-state index contributed by atoms with van der Waals surface area (Å²) in [5.74, 6) is 0.300. The molecular weight excluding hydrogens is 224 g/mol. The predicted octanol–water partition coefficient (Wildman–Crippen LogP) is 1.17. The van der Waals surface area contributed by atoms with Crippen molar-refractivity contribution >= 4 is 22.4 Å². The molecule has 1 aromatic heterocycles. The molecule has 88 valence electrons. The summed E-state index contributed by atoms with van der Waals surface area (Å²) in [7, 11) is 0. The van der Waals surface area contributed by atoms with Crippen LogP contribution in [0.3, 0.4) is 0 Å². The van der Waals surface area contributed by atoms with Gasteiger partial charge in [-0.05, 0) is 32.2 Å². The van der Waals surface area contributed by atoms with Gasteiger partial charge in [0.15, 0.2) is 0 Å². The highest BCUT2D eigenvalue weighted by atomic mass is 32.1. The Morgan fingerprint density at radius 1 is 1.44 bits per heavy atom. The maximum absolute atomic E-state index is 11.5. The van der Waals surface area contributed by atoms with Gasteiger partial charge in [-0.2, -0.15) is 0 Å². The lowest BCUT2D eigenvalue weighted by Gasteiger charge is -1.96. The molecule has 2 rings (SSSR count). The first-order valence-electron chi connectivity index (χ1n) is 5.63. The fourth-order valence-corrected chi connectivity index (χ4v) is 2.16. The third-order valence-corrected chi connectivity index (χ3v) is 3.39. The summed E-state index contributed by atoms with van der Waals surface area (Å²) in [6, 6.07) is 0. The smallest absolute Gasteiger partial charge is 0.229 e. The van der Waals surface area contributed by atoms with Gasteiger partial charge in [0, 0.05) is 12.3 Å². The summed E-state index contributed by atoms with van der Waals surface area (Å²) in [5.41, 5.74) is 5.41. The number of nitrogens with two attached hydrogens (primary N) is 1. The van der Waals surface area contributed by atoms with E-state index in [1.807, 2.05) is 0 Å². The Hall–Kier alpha value is -1.01. The SMILES string of the molecule is NCCCCc1nnc(NC(=O)C2CC2)s1. The van der Waals surface area contributed by atoms with E-state index in [0.29, 0.717) is 11.7 Å². The summed E-state index contributed by atoms with van der Waals surface area (Å²) < 4.78 is 0. The Morgan fingerprint density at radius 3 is 2.94 bits per heavy atom. The van der Waals surface area contributed by atoms with E-state index in [9.17, 15) is 4.79 Å². The maximum Gasteiger partial charge on any atom is 0.229 e. The molecule has 16 heavy (non-hydrogen) atoms. The summed E-state index contributed by atoms with van der Waals surface area (Å²) in [6.45, 7) is 0.712. The molecule has 0 atom stereocenters. The number of nitrogens with one attached hydrogen (secondary N) is 1. The standard InChI is InChI=1S/C10H16N4OS/c11-6-2-1-3-8-13-14-10(16-8)12-9(15)7-4-5-7/h7H,1-6,11H2,(H,12,14,15). The molecule has 5 nitrogen and oxygen atoms in total. The van der Waals surface area contributed by atoms with Gasteiger partial charge < -0.3 is 11.1 Å². The van der Waals surface area contributed by atoms with E-state index < -0.39 is 0 Å². The number of aromatic nitrogens is 2. The van der Waals surface area contributed by atoms with Gasteiger partial charge in [-0.1, -0.05) is 11.3 Å². The largest absolute Gasteiger partial charge is 0.330 e. The van der Waals surface area contributed by atoms with E-state index in [1.165, 1.54) is 11.3 Å². The van der Waals surface area contributed by atoms with Gasteiger partial charge in [-0.25, -0.2) is 0 Å². The van der Waals surface area contributed by atoms with Crippen molar-refractivity contribution in [2.24, 2.45) is 11.7 Å². The lowest BCUT2D eigenvalue weighted by Crippen LogP contribution is -2.12. The van der Waals surface area contributed by atoms with Crippen molar-refractivity contribution < 1.29 is 4.79 Å². The number of aryl methyl sites for hydroxylation is 1. The first-order chi connectivity index (χ1) is 7.79. The number of carbonyl (C=O) groups is 1. The molecule has 1 fully saturated rings. The summed E-state index contributed by atoms with van der Waals surface area (Å²) in [5, 5.41) is 12.4. The zero-order valence-corrected chi connectivity index (χ0v) is 9.92. The second-order valence-electron chi connectivity index (χ2n) is 4.01. The van der Waals surface area contributed by atoms with Crippen LogP contribution in [-0.4, -0.2) is 22.6 Å². The number of unbranched alkanes of at least 4 members (excludes halogenated alkanes) is 1. The highest BCUT2D eigenvalue weighted by molar-refractivity contribution is 7.15. The van der Waals surface area contributed by atoms with Crippen LogP contribution in [0, 0.1) is 5.92 Å². The average molecular weight is 240 g/mol. The third-order valence-electron chi connectivity index (χ3n) is 2.49. The molecule has 0 spiro atoms. The van der Waals surface area contributed by atoms with Gasteiger partial charge in [0.05, 0.1) is 0 Å². The minimum Gasteiger partial charge on any atom is -0.330 e. The minimum atomic E-state index is 0.0876. The van der Waals surface area contributed by atoms with Gasteiger partial charge >= 0.3 is 0 Å². The molecule has 0 unspecified atom stereocenters. The molecule has 1 aromatic rings. The van der Waals surface area contributed by atoms with Gasteiger partial charge in [0.2, 0.25) is 11.0 Å². The molecule has 0 radical (unpaired) electrons. The zero-order valence-electron chi connectivity index (χ0n) is 9.11. The monoisotopic (exact) mass is 240 g/mol. The molecule has 0 bridgehead atoms. The fraction of sp³-hybridized carbons (Fsp3) is 0.700. The van der Waals surface area contributed by atoms with Crippen LogP contribution >= 0.6 is 11.3 Å². The lowest BCUT2D eigenvalue weighted by molar-refractivity contribution is -0.117. The number of amides is 1. The van der Waals surface area contributed by atoms with Gasteiger partial charge in [0.1, 0.15) is 5.01 Å². The van der Waals surface area contributed by atoms with Crippen LogP contribution in [0.5, 0.6) is 0 Å². The van der Waals surface area contributed by atoms with Crippen molar-refractivity contribution in [1.82, 2.24) is 10.2 Å². The molecule has 1 aliphatic carbocycles. The highest BCUT2D eigenvalue weighted by Crippen LogP contribution is 2.30. The summed E-state index contributed by atoms with van der Waals surface area (Å²) >= 11 is 1.46. The average Bonchev–Trinajstić information content (AvgIpc) is 3.03. The van der Waals surface area contributed by atoms with Crippen molar-refractivity contribution in [2.75, 3.05) is 11.9 Å². The highest BCUT2D eigenvalue weighted by Gasteiger charge is 2.30. The molecule has 1 saturated carbocycles. The quantitative estimate of drug-likeness (QED) is 0.731. The number of hydrogen-bond acceptors (Lipinski definition) is 5. The van der Waals surface area contributed by atoms with Gasteiger partial charge in [0.25, 0.3) is 0 Å². The van der Waals surface area contributed by atoms with Crippen LogP contribution in [0.15, 0.2) is 0 Å². The number of nitrogens with zero attached hydrogens (tertiary/aromatic N) is 2. The van der Waals surface area contributed by atoms with E-state index in [4.69, 9.17) is 5.73 Å². The molecule has 0 aliphatic heterocycles. The third kappa shape index (κ3) is 3.24. The number of carbonyl (C=O) groups excluding carboxylic acids is 1. The van der Waals surface area contributed by atoms with Crippen LogP contribution in [0.4, 0.5) is 5.13 Å². The number of anilines is 1. The first-order valence-corrected chi connectivity index (χ1v) is 6.44. The van der Waals surface area contributed by atoms with E-state index in [-0.39, 0.29) is 11.8 Å². The Balaban J connectivity index is 1.79. The molecule has 0 aromatic carbocycles. The van der Waals surface area contributed by atoms with Crippen LogP contribution in [0.2, 0.25) is 0 Å². The van der Waals surface area contributed by atoms with Crippen LogP contribution in [0.1, 0.15) is 30.7 Å². The van der Waals surface area contributed by atoms with Crippen LogP contribution in [-0.2, 0) is 11.2 Å². The van der Waals surface area contributed by atoms with Crippen LogP contribution in [0.25, 0.3) is 0 Å². The van der Waals surface area contributed by atoms with E-state index in [1.54, 1.807) is 0 Å². The van der Waals surface area contributed by atoms with Crippen molar-refractivity contribution in [1.29, 1.82) is 0 Å². The van der Waals surface area contributed by atoms with Crippen molar-refractivity contribution in [3.8, 4) is 0 Å². The van der Waals surface area contributed by atoms with E-state index >= 15 is 0 Å². The maximum atomic E-state index is 11.5. The van der Waals surface area contributed by atoms with Crippen molar-refractivity contribution in [2.45, 2.75) is 32.1 Å². The fourth-order valence-electron chi connectivity index (χ4n) is 1.38. The predicted molar refractivity (Wildman–Crippen MR) is 63.3 cm³/mol. The summed E-state index contributed by atoms with van der Waals surface area (Å²) in [6.07, 6.45) is 4.95. The second kappa shape index (κ2) is 5.36. The van der Waals surface area contributed by atoms with E-state index in [0.717, 1.165) is 37.1 Å². The Morgan fingerprint density at radius 2 is 2.25 bits per heavy atom. The molecule has 0 saturated heterocycles. The Kier molecular flexibility index (Phi) is 3.84. The molecular formula is C10H16N4OS. The van der Waals surface area contributed by atoms with Gasteiger partial charge in [-0.3, -0.25) is 4.79 Å². The number of hydrogen-bond donors (Lipinski definition) is 2. The first kappa shape index (κ1) is 11.5. The molecule has 1 amide bonds. The zero-order chi connectivity index (χ0) is 11.4. The molecule has 1 heterocycles. The Bertz CT molecular complexity index is 361. The molecule has 1 aliphatic rings. The lowest BCUT2D eigenvalue weighted by atomic mass is 10.2. The summed E-state index contributed by atoms with van der Waals surface area (Å²) in [4.78, 5) is 11.5. The van der Waals surface area contributed by atoms with Gasteiger partial charge in [-0.15, -0.1) is 10.2 Å². The Labute approximate surface area is 98.4 Å². The van der Waals surface area contributed by atoms with E-state index in [2.05, 4.69) is 15.5 Å². The van der Waals surface area contributed by atoms with Crippen LogP contribution < -0.4 is 11.1 Å². The van der Waals surface area contributed by atoms with Crippen molar-refractivity contribution in [3.63, 3.8) is 0 Å². The molecule has 6 heteroatoms. The minimum absolute atomic E-state index is 0.0876. The molecule has 3 N–H and O–H groups in total.